The Morgan fingerprint density at radius 2 is 2.36 bits per heavy atom. The van der Waals surface area contributed by atoms with Crippen LogP contribution in [0.2, 0.25) is 0 Å². The van der Waals surface area contributed by atoms with Crippen LogP contribution in [-0.4, -0.2) is 15.5 Å². The topological polar surface area (TPSA) is 46.9 Å². The molecule has 0 atom stereocenters. The first-order valence-electron chi connectivity index (χ1n) is 4.82. The first kappa shape index (κ1) is 10.8. The van der Waals surface area contributed by atoms with Crippen LogP contribution in [0, 0.1) is 5.92 Å². The Morgan fingerprint density at radius 3 is 2.86 bits per heavy atom. The Hall–Kier alpha value is -1.32. The fourth-order valence-electron chi connectivity index (χ4n) is 1.19. The van der Waals surface area contributed by atoms with E-state index in [0.717, 1.165) is 5.82 Å². The Kier molecular flexibility index (Phi) is 3.68. The molecule has 1 N–H and O–H groups in total. The molecular formula is C10H17N3O. The fraction of sp³-hybridized carbons (Fsp3) is 0.600. The summed E-state index contributed by atoms with van der Waals surface area (Å²) < 4.78 is 1.90. The van der Waals surface area contributed by atoms with Gasteiger partial charge in [0.25, 0.3) is 0 Å². The summed E-state index contributed by atoms with van der Waals surface area (Å²) >= 11 is 0. The van der Waals surface area contributed by atoms with Crippen LogP contribution in [0.3, 0.4) is 0 Å². The lowest BCUT2D eigenvalue weighted by atomic mass is 10.1. The third-order valence-electron chi connectivity index (χ3n) is 1.96. The van der Waals surface area contributed by atoms with Crippen molar-refractivity contribution in [2.75, 3.05) is 0 Å². The van der Waals surface area contributed by atoms with Gasteiger partial charge in [-0.2, -0.15) is 0 Å². The summed E-state index contributed by atoms with van der Waals surface area (Å²) in [7, 11) is 1.91. The van der Waals surface area contributed by atoms with E-state index in [1.807, 2.05) is 31.7 Å². The second-order valence-electron chi connectivity index (χ2n) is 3.83. The van der Waals surface area contributed by atoms with Crippen LogP contribution >= 0.6 is 0 Å². The highest BCUT2D eigenvalue weighted by Crippen LogP contribution is 1.99. The molecule has 1 heterocycles. The van der Waals surface area contributed by atoms with Gasteiger partial charge in [-0.15, -0.1) is 0 Å². The molecule has 0 spiro atoms. The Bertz CT molecular complexity index is 304. The minimum Gasteiger partial charge on any atom is -0.349 e. The molecule has 1 aromatic heterocycles. The van der Waals surface area contributed by atoms with E-state index in [0.29, 0.717) is 18.9 Å². The van der Waals surface area contributed by atoms with Crippen molar-refractivity contribution in [3.05, 3.63) is 18.2 Å². The van der Waals surface area contributed by atoms with Crippen molar-refractivity contribution in [3.8, 4) is 0 Å². The van der Waals surface area contributed by atoms with Crippen molar-refractivity contribution >= 4 is 5.91 Å². The quantitative estimate of drug-likeness (QED) is 0.781. The van der Waals surface area contributed by atoms with E-state index in [9.17, 15) is 4.79 Å². The zero-order chi connectivity index (χ0) is 10.6. The number of amides is 1. The molecular weight excluding hydrogens is 178 g/mol. The second-order valence-corrected chi connectivity index (χ2v) is 3.83. The number of nitrogens with one attached hydrogen (secondary N) is 1. The molecule has 0 radical (unpaired) electrons. The van der Waals surface area contributed by atoms with E-state index in [4.69, 9.17) is 0 Å². The highest BCUT2D eigenvalue weighted by Gasteiger charge is 2.05. The molecule has 0 fully saturated rings. The number of hydrogen-bond donors (Lipinski definition) is 1. The third-order valence-corrected chi connectivity index (χ3v) is 1.96. The summed E-state index contributed by atoms with van der Waals surface area (Å²) in [6, 6.07) is 0. The minimum atomic E-state index is 0.0861. The molecule has 1 amide bonds. The van der Waals surface area contributed by atoms with E-state index < -0.39 is 0 Å². The lowest BCUT2D eigenvalue weighted by molar-refractivity contribution is -0.122. The SMILES string of the molecule is CC(C)CC(=O)NCc1nccn1C. The summed E-state index contributed by atoms with van der Waals surface area (Å²) in [4.78, 5) is 15.4. The first-order valence-corrected chi connectivity index (χ1v) is 4.82. The summed E-state index contributed by atoms with van der Waals surface area (Å²) in [5, 5.41) is 2.83. The Balaban J connectivity index is 2.34. The molecule has 1 rings (SSSR count). The maximum atomic E-state index is 11.3. The average molecular weight is 195 g/mol. The Morgan fingerprint density at radius 1 is 1.64 bits per heavy atom. The average Bonchev–Trinajstić information content (AvgIpc) is 2.46. The van der Waals surface area contributed by atoms with Crippen LogP contribution in [0.25, 0.3) is 0 Å². The molecule has 0 aliphatic heterocycles. The monoisotopic (exact) mass is 195 g/mol. The normalized spacial score (nSPS) is 10.6. The second kappa shape index (κ2) is 4.79. The van der Waals surface area contributed by atoms with E-state index in [1.54, 1.807) is 6.20 Å². The van der Waals surface area contributed by atoms with Crippen molar-refractivity contribution in [2.24, 2.45) is 13.0 Å². The van der Waals surface area contributed by atoms with Gasteiger partial charge in [0.15, 0.2) is 0 Å². The standard InChI is InChI=1S/C10H17N3O/c1-8(2)6-10(14)12-7-9-11-4-5-13(9)3/h4-5,8H,6-7H2,1-3H3,(H,12,14). The summed E-state index contributed by atoms with van der Waals surface area (Å²) in [5.74, 6) is 1.36. The van der Waals surface area contributed by atoms with Gasteiger partial charge < -0.3 is 9.88 Å². The molecule has 0 aliphatic rings. The predicted molar refractivity (Wildman–Crippen MR) is 54.5 cm³/mol. The number of carbonyl (C=O) groups is 1. The van der Waals surface area contributed by atoms with Crippen LogP contribution in [0.5, 0.6) is 0 Å². The fourth-order valence-corrected chi connectivity index (χ4v) is 1.19. The molecule has 4 nitrogen and oxygen atoms in total. The van der Waals surface area contributed by atoms with Crippen LogP contribution in [0.4, 0.5) is 0 Å². The zero-order valence-corrected chi connectivity index (χ0v) is 8.95. The molecule has 0 aromatic carbocycles. The number of carbonyl (C=O) groups excluding carboxylic acids is 1. The van der Waals surface area contributed by atoms with E-state index in [1.165, 1.54) is 0 Å². The van der Waals surface area contributed by atoms with Crippen molar-refractivity contribution in [3.63, 3.8) is 0 Å². The summed E-state index contributed by atoms with van der Waals surface area (Å²) in [6.45, 7) is 4.57. The zero-order valence-electron chi connectivity index (χ0n) is 8.95. The molecule has 0 aliphatic carbocycles. The van der Waals surface area contributed by atoms with Crippen LogP contribution in [0.1, 0.15) is 26.1 Å². The predicted octanol–water partition coefficient (Wildman–Crippen LogP) is 1.08. The highest BCUT2D eigenvalue weighted by atomic mass is 16.1. The van der Waals surface area contributed by atoms with Crippen molar-refractivity contribution < 1.29 is 4.79 Å². The van der Waals surface area contributed by atoms with Crippen LogP contribution < -0.4 is 5.32 Å². The molecule has 78 valence electrons. The van der Waals surface area contributed by atoms with Gasteiger partial charge in [-0.05, 0) is 5.92 Å². The molecule has 14 heavy (non-hydrogen) atoms. The molecule has 0 bridgehead atoms. The number of imidazole rings is 1. The van der Waals surface area contributed by atoms with Crippen molar-refractivity contribution in [1.82, 2.24) is 14.9 Å². The van der Waals surface area contributed by atoms with Gasteiger partial charge >= 0.3 is 0 Å². The summed E-state index contributed by atoms with van der Waals surface area (Å²) in [6.07, 6.45) is 4.16. The van der Waals surface area contributed by atoms with E-state index >= 15 is 0 Å². The van der Waals surface area contributed by atoms with Gasteiger partial charge in [0.05, 0.1) is 6.54 Å². The van der Waals surface area contributed by atoms with Gasteiger partial charge in [-0.1, -0.05) is 13.8 Å². The van der Waals surface area contributed by atoms with E-state index in [-0.39, 0.29) is 5.91 Å². The number of aromatic nitrogens is 2. The van der Waals surface area contributed by atoms with Gasteiger partial charge in [-0.25, -0.2) is 4.98 Å². The van der Waals surface area contributed by atoms with Gasteiger partial charge in [0.2, 0.25) is 5.91 Å². The van der Waals surface area contributed by atoms with Gasteiger partial charge in [-0.3, -0.25) is 4.79 Å². The smallest absolute Gasteiger partial charge is 0.220 e. The maximum absolute atomic E-state index is 11.3. The number of nitrogens with zero attached hydrogens (tertiary/aromatic N) is 2. The summed E-state index contributed by atoms with van der Waals surface area (Å²) in [5.41, 5.74) is 0. The highest BCUT2D eigenvalue weighted by molar-refractivity contribution is 5.75. The molecule has 0 unspecified atom stereocenters. The largest absolute Gasteiger partial charge is 0.349 e. The molecule has 1 aromatic rings. The minimum absolute atomic E-state index is 0.0861. The number of aryl methyl sites for hydroxylation is 1. The third kappa shape index (κ3) is 3.20. The maximum Gasteiger partial charge on any atom is 0.220 e. The van der Waals surface area contributed by atoms with Crippen molar-refractivity contribution in [2.45, 2.75) is 26.8 Å². The number of rotatable bonds is 4. The first-order chi connectivity index (χ1) is 6.59. The lowest BCUT2D eigenvalue weighted by Crippen LogP contribution is -2.25. The van der Waals surface area contributed by atoms with Crippen LogP contribution in [0.15, 0.2) is 12.4 Å². The van der Waals surface area contributed by atoms with E-state index in [2.05, 4.69) is 10.3 Å². The Labute approximate surface area is 84.3 Å². The number of hydrogen-bond acceptors (Lipinski definition) is 2. The van der Waals surface area contributed by atoms with Crippen molar-refractivity contribution in [1.29, 1.82) is 0 Å². The van der Waals surface area contributed by atoms with Gasteiger partial charge in [0.1, 0.15) is 5.82 Å². The molecule has 0 saturated heterocycles. The van der Waals surface area contributed by atoms with Gasteiger partial charge in [0, 0.05) is 25.9 Å². The lowest BCUT2D eigenvalue weighted by Gasteiger charge is -2.06. The van der Waals surface area contributed by atoms with Crippen LogP contribution in [-0.2, 0) is 18.4 Å². The molecule has 0 saturated carbocycles. The molecule has 4 heteroatoms.